The Morgan fingerprint density at radius 2 is 1.52 bits per heavy atom. The Bertz CT molecular complexity index is 497. The third-order valence-corrected chi connectivity index (χ3v) is 4.16. The van der Waals surface area contributed by atoms with E-state index >= 15 is 0 Å². The van der Waals surface area contributed by atoms with Crippen LogP contribution < -0.4 is 5.32 Å². The molecular formula is C22H42N2O2S. The second kappa shape index (κ2) is 26.7. The van der Waals surface area contributed by atoms with Crippen molar-refractivity contribution in [3.63, 3.8) is 0 Å². The van der Waals surface area contributed by atoms with Gasteiger partial charge < -0.3 is 10.1 Å². The van der Waals surface area contributed by atoms with Gasteiger partial charge in [0.05, 0.1) is 11.6 Å². The lowest BCUT2D eigenvalue weighted by atomic mass is 10.1. The molecule has 5 heteroatoms. The van der Waals surface area contributed by atoms with E-state index in [1.165, 1.54) is 0 Å². The number of benzene rings is 1. The zero-order valence-electron chi connectivity index (χ0n) is 19.1. The van der Waals surface area contributed by atoms with Crippen molar-refractivity contribution in [1.29, 1.82) is 5.26 Å². The molecule has 0 fully saturated rings. The number of nitriles is 1. The van der Waals surface area contributed by atoms with Crippen LogP contribution >= 0.6 is 0 Å². The van der Waals surface area contributed by atoms with E-state index in [2.05, 4.69) is 11.4 Å². The Balaban J connectivity index is -0.000000202. The lowest BCUT2D eigenvalue weighted by Crippen LogP contribution is -2.28. The molecule has 0 spiro atoms. The largest absolute Gasteiger partial charge is 0.316 e. The van der Waals surface area contributed by atoms with Crippen LogP contribution in [0.1, 0.15) is 73.4 Å². The minimum Gasteiger partial charge on any atom is -0.316 e. The van der Waals surface area contributed by atoms with Gasteiger partial charge in [-0.3, -0.25) is 4.21 Å². The summed E-state index contributed by atoms with van der Waals surface area (Å²) in [6.07, 6.45) is 0.917. The SMILES string of the molecule is CC.CC.CC.CC(C)C=O.CNC(C)CS(=O)Cc1ccccc1C#N. The Morgan fingerprint density at radius 1 is 1.07 bits per heavy atom. The van der Waals surface area contributed by atoms with E-state index in [9.17, 15) is 9.00 Å². The lowest BCUT2D eigenvalue weighted by molar-refractivity contribution is -0.110. The molecule has 1 N–H and O–H groups in total. The summed E-state index contributed by atoms with van der Waals surface area (Å²) in [7, 11) is 0.926. The van der Waals surface area contributed by atoms with Gasteiger partial charge in [-0.1, -0.05) is 73.6 Å². The summed E-state index contributed by atoms with van der Waals surface area (Å²) in [6, 6.07) is 9.66. The average molecular weight is 399 g/mol. The van der Waals surface area contributed by atoms with Crippen LogP contribution in [0.2, 0.25) is 0 Å². The highest BCUT2D eigenvalue weighted by molar-refractivity contribution is 7.84. The Kier molecular flexibility index (Phi) is 32.8. The van der Waals surface area contributed by atoms with Crippen LogP contribution in [-0.2, 0) is 21.3 Å². The molecule has 0 heterocycles. The molecule has 0 aromatic heterocycles. The molecule has 1 aromatic rings. The molecule has 0 bridgehead atoms. The fourth-order valence-electron chi connectivity index (χ4n) is 1.35. The fourth-order valence-corrected chi connectivity index (χ4v) is 2.79. The monoisotopic (exact) mass is 398 g/mol. The normalized spacial score (nSPS) is 10.6. The Hall–Kier alpha value is -1.51. The number of aldehydes is 1. The van der Waals surface area contributed by atoms with E-state index in [0.717, 1.165) is 11.8 Å². The van der Waals surface area contributed by atoms with Crippen molar-refractivity contribution >= 4 is 17.1 Å². The molecule has 0 aliphatic rings. The van der Waals surface area contributed by atoms with E-state index in [0.29, 0.717) is 17.1 Å². The fraction of sp³-hybridized carbons (Fsp3) is 0.636. The molecule has 1 rings (SSSR count). The zero-order valence-corrected chi connectivity index (χ0v) is 19.9. The summed E-state index contributed by atoms with van der Waals surface area (Å²) in [6.45, 7) is 17.7. The zero-order chi connectivity index (χ0) is 22.3. The number of nitrogens with zero attached hydrogens (tertiary/aromatic N) is 1. The lowest BCUT2D eigenvalue weighted by Gasteiger charge is -2.10. The average Bonchev–Trinajstić information content (AvgIpc) is 2.73. The highest BCUT2D eigenvalue weighted by Gasteiger charge is 2.09. The number of carbonyl (C=O) groups excluding carboxylic acids is 1. The van der Waals surface area contributed by atoms with Crippen LogP contribution in [0.25, 0.3) is 0 Å². The number of nitrogens with one attached hydrogen (secondary N) is 1. The van der Waals surface area contributed by atoms with Crippen molar-refractivity contribution < 1.29 is 9.00 Å². The predicted octanol–water partition coefficient (Wildman–Crippen LogP) is 5.33. The van der Waals surface area contributed by atoms with E-state index in [4.69, 9.17) is 5.26 Å². The van der Waals surface area contributed by atoms with Crippen molar-refractivity contribution in [2.45, 2.75) is 74.1 Å². The van der Waals surface area contributed by atoms with E-state index in [1.54, 1.807) is 6.07 Å². The van der Waals surface area contributed by atoms with Gasteiger partial charge in [-0.2, -0.15) is 5.26 Å². The molecule has 0 amide bonds. The van der Waals surface area contributed by atoms with Crippen molar-refractivity contribution in [2.75, 3.05) is 12.8 Å². The molecule has 4 nitrogen and oxygen atoms in total. The van der Waals surface area contributed by atoms with Gasteiger partial charge in [-0.15, -0.1) is 0 Å². The molecule has 0 radical (unpaired) electrons. The highest BCUT2D eigenvalue weighted by Crippen LogP contribution is 2.10. The molecule has 158 valence electrons. The molecule has 0 aliphatic carbocycles. The van der Waals surface area contributed by atoms with Gasteiger partial charge >= 0.3 is 0 Å². The number of rotatable bonds is 6. The predicted molar refractivity (Wildman–Crippen MR) is 121 cm³/mol. The molecule has 0 saturated carbocycles. The summed E-state index contributed by atoms with van der Waals surface area (Å²) in [5, 5.41) is 12.0. The second-order valence-corrected chi connectivity index (χ2v) is 6.59. The Morgan fingerprint density at radius 3 is 1.89 bits per heavy atom. The first kappa shape index (κ1) is 33.1. The molecule has 2 unspecified atom stereocenters. The highest BCUT2D eigenvalue weighted by atomic mass is 32.2. The first-order valence-electron chi connectivity index (χ1n) is 9.90. The summed E-state index contributed by atoms with van der Waals surface area (Å²) in [5.41, 5.74) is 1.49. The second-order valence-electron chi connectivity index (χ2n) is 5.09. The molecule has 1 aromatic carbocycles. The van der Waals surface area contributed by atoms with Gasteiger partial charge in [0.2, 0.25) is 0 Å². The van der Waals surface area contributed by atoms with Crippen molar-refractivity contribution in [3.05, 3.63) is 35.4 Å². The summed E-state index contributed by atoms with van der Waals surface area (Å²) in [5.74, 6) is 1.27. The van der Waals surface area contributed by atoms with E-state index < -0.39 is 10.8 Å². The van der Waals surface area contributed by atoms with Crippen LogP contribution in [0.15, 0.2) is 24.3 Å². The maximum absolute atomic E-state index is 11.8. The van der Waals surface area contributed by atoms with Gasteiger partial charge in [0.25, 0.3) is 0 Å². The molecular weight excluding hydrogens is 356 g/mol. The maximum atomic E-state index is 11.8. The van der Waals surface area contributed by atoms with Crippen molar-refractivity contribution in [1.82, 2.24) is 5.32 Å². The van der Waals surface area contributed by atoms with Crippen LogP contribution in [0.3, 0.4) is 0 Å². The third-order valence-electron chi connectivity index (χ3n) is 2.66. The molecule has 2 atom stereocenters. The molecule has 0 saturated heterocycles. The summed E-state index contributed by atoms with van der Waals surface area (Å²) in [4.78, 5) is 9.50. The van der Waals surface area contributed by atoms with E-state index in [1.807, 2.05) is 87.6 Å². The first-order chi connectivity index (χ1) is 12.9. The maximum Gasteiger partial charge on any atom is 0.122 e. The molecule has 0 aliphatic heterocycles. The first-order valence-corrected chi connectivity index (χ1v) is 11.4. The van der Waals surface area contributed by atoms with Gasteiger partial charge in [-0.05, 0) is 25.6 Å². The van der Waals surface area contributed by atoms with E-state index in [-0.39, 0.29) is 12.0 Å². The van der Waals surface area contributed by atoms with Crippen LogP contribution in [-0.4, -0.2) is 29.3 Å². The van der Waals surface area contributed by atoms with Crippen LogP contribution in [0.5, 0.6) is 0 Å². The van der Waals surface area contributed by atoms with Gasteiger partial charge in [-0.25, -0.2) is 0 Å². The number of carbonyl (C=O) groups is 1. The summed E-state index contributed by atoms with van der Waals surface area (Å²) < 4.78 is 11.8. The third kappa shape index (κ3) is 22.4. The minimum absolute atomic E-state index is 0.204. The summed E-state index contributed by atoms with van der Waals surface area (Å²) >= 11 is 0. The van der Waals surface area contributed by atoms with Crippen LogP contribution in [0, 0.1) is 17.2 Å². The van der Waals surface area contributed by atoms with Crippen molar-refractivity contribution in [2.24, 2.45) is 5.92 Å². The standard InChI is InChI=1S/C12H16N2OS.C4H8O.3C2H6/c1-10(14-2)8-16(15)9-12-6-4-3-5-11(12)7-13;1-4(2)3-5;3*1-2/h3-6,10,14H,8-9H2,1-2H3;3-4H,1-2H3;3*1-2H3. The Labute approximate surface area is 171 Å². The number of hydrogen-bond acceptors (Lipinski definition) is 4. The van der Waals surface area contributed by atoms with Crippen LogP contribution in [0.4, 0.5) is 0 Å². The quantitative estimate of drug-likeness (QED) is 0.657. The van der Waals surface area contributed by atoms with Crippen molar-refractivity contribution in [3.8, 4) is 6.07 Å². The topological polar surface area (TPSA) is 70.0 Å². The minimum atomic E-state index is -0.926. The number of hydrogen-bond donors (Lipinski definition) is 1. The van der Waals surface area contributed by atoms with Gasteiger partial charge in [0.15, 0.2) is 0 Å². The molecule has 27 heavy (non-hydrogen) atoms. The smallest absolute Gasteiger partial charge is 0.122 e. The van der Waals surface area contributed by atoms with Gasteiger partial charge in [0, 0.05) is 34.3 Å². The van der Waals surface area contributed by atoms with Gasteiger partial charge in [0.1, 0.15) is 6.29 Å².